The topological polar surface area (TPSA) is 92.2 Å². The fourth-order valence-electron chi connectivity index (χ4n) is 3.57. The van der Waals surface area contributed by atoms with Gasteiger partial charge in [-0.25, -0.2) is 14.6 Å². The first-order chi connectivity index (χ1) is 16.2. The maximum atomic E-state index is 12.2. The number of aromatic carboxylic acids is 1. The summed E-state index contributed by atoms with van der Waals surface area (Å²) in [5.74, 6) is 5.12. The van der Waals surface area contributed by atoms with Crippen molar-refractivity contribution in [1.29, 1.82) is 0 Å². The van der Waals surface area contributed by atoms with Crippen molar-refractivity contribution < 1.29 is 24.2 Å². The molecule has 0 aromatic carbocycles. The molecule has 1 saturated heterocycles. The summed E-state index contributed by atoms with van der Waals surface area (Å²) in [7, 11) is 0. The van der Waals surface area contributed by atoms with E-state index >= 15 is 0 Å². The number of allylic oxidation sites excluding steroid dienone is 2. The van der Waals surface area contributed by atoms with Crippen molar-refractivity contribution >= 4 is 12.1 Å². The van der Waals surface area contributed by atoms with Crippen LogP contribution in [0.15, 0.2) is 35.9 Å². The molecule has 0 saturated carbocycles. The average Bonchev–Trinajstić information content (AvgIpc) is 2.80. The van der Waals surface area contributed by atoms with Gasteiger partial charge < -0.3 is 19.5 Å². The highest BCUT2D eigenvalue weighted by Gasteiger charge is 2.25. The zero-order valence-corrected chi connectivity index (χ0v) is 20.2. The smallest absolute Gasteiger partial charge is 0.410 e. The predicted molar refractivity (Wildman–Crippen MR) is 129 cm³/mol. The Balaban J connectivity index is 1.48. The Labute approximate surface area is 201 Å². The van der Waals surface area contributed by atoms with Crippen LogP contribution in [0.3, 0.4) is 0 Å². The first-order valence-corrected chi connectivity index (χ1v) is 11.6. The molecule has 1 aliphatic carbocycles. The average molecular weight is 468 g/mol. The van der Waals surface area contributed by atoms with E-state index in [-0.39, 0.29) is 17.5 Å². The molecule has 2 aliphatic rings. The minimum Gasteiger partial charge on any atom is -0.486 e. The van der Waals surface area contributed by atoms with Crippen molar-refractivity contribution in [3.05, 3.63) is 47.3 Å². The summed E-state index contributed by atoms with van der Waals surface area (Å²) in [5, 5.41) is 9.53. The second-order valence-electron chi connectivity index (χ2n) is 9.26. The van der Waals surface area contributed by atoms with Crippen LogP contribution in [0.25, 0.3) is 0 Å². The van der Waals surface area contributed by atoms with Crippen LogP contribution in [-0.2, 0) is 4.74 Å². The minimum atomic E-state index is -1.14. The van der Waals surface area contributed by atoms with E-state index in [2.05, 4.69) is 33.9 Å². The monoisotopic (exact) mass is 467 g/mol. The zero-order chi connectivity index (χ0) is 24.6. The highest BCUT2D eigenvalue weighted by atomic mass is 16.6. The molecule has 1 fully saturated rings. The molecule has 0 bridgehead atoms. The molecule has 1 amide bonds. The molecule has 34 heavy (non-hydrogen) atoms. The van der Waals surface area contributed by atoms with Crippen molar-refractivity contribution in [2.45, 2.75) is 45.6 Å². The van der Waals surface area contributed by atoms with E-state index < -0.39 is 11.6 Å². The highest BCUT2D eigenvalue weighted by molar-refractivity contribution is 5.88. The lowest BCUT2D eigenvalue weighted by atomic mass is 10.1. The lowest BCUT2D eigenvalue weighted by molar-refractivity contribution is 0.0147. The van der Waals surface area contributed by atoms with Gasteiger partial charge in [0.1, 0.15) is 17.9 Å². The van der Waals surface area contributed by atoms with Gasteiger partial charge in [-0.2, -0.15) is 0 Å². The number of carbonyl (C=O) groups excluding carboxylic acids is 1. The molecule has 182 valence electrons. The molecular weight excluding hydrogens is 434 g/mol. The van der Waals surface area contributed by atoms with Crippen molar-refractivity contribution in [1.82, 2.24) is 14.8 Å². The number of amides is 1. The maximum absolute atomic E-state index is 12.2. The van der Waals surface area contributed by atoms with Gasteiger partial charge in [-0.05, 0) is 57.2 Å². The highest BCUT2D eigenvalue weighted by Crippen LogP contribution is 2.19. The Morgan fingerprint density at radius 1 is 1.15 bits per heavy atom. The van der Waals surface area contributed by atoms with Gasteiger partial charge >= 0.3 is 12.1 Å². The van der Waals surface area contributed by atoms with Crippen LogP contribution < -0.4 is 4.74 Å². The van der Waals surface area contributed by atoms with E-state index in [4.69, 9.17) is 9.47 Å². The second kappa shape index (κ2) is 11.7. The SMILES string of the molecule is CC(C)(C)OC(=O)N1CCN(CCC#Cc2ccc(OCC3=CCCC=C3)c(C(=O)O)n2)CC1. The van der Waals surface area contributed by atoms with Gasteiger partial charge in [0.15, 0.2) is 11.4 Å². The molecule has 2 heterocycles. The number of rotatable bonds is 6. The van der Waals surface area contributed by atoms with E-state index in [1.54, 1.807) is 17.0 Å². The summed E-state index contributed by atoms with van der Waals surface area (Å²) < 4.78 is 11.1. The zero-order valence-electron chi connectivity index (χ0n) is 20.2. The first kappa shape index (κ1) is 25.3. The van der Waals surface area contributed by atoms with Crippen LogP contribution in [0, 0.1) is 11.8 Å². The number of hydrogen-bond donors (Lipinski definition) is 1. The number of ether oxygens (including phenoxy) is 2. The van der Waals surface area contributed by atoms with Gasteiger partial charge in [0.25, 0.3) is 0 Å². The van der Waals surface area contributed by atoms with E-state index in [1.165, 1.54) is 0 Å². The number of pyridine rings is 1. The molecule has 8 nitrogen and oxygen atoms in total. The Hall–Kier alpha value is -3.31. The molecule has 8 heteroatoms. The molecule has 1 N–H and O–H groups in total. The van der Waals surface area contributed by atoms with Gasteiger partial charge in [-0.15, -0.1) is 0 Å². The number of carbonyl (C=O) groups is 2. The van der Waals surface area contributed by atoms with Crippen molar-refractivity contribution in [2.75, 3.05) is 39.3 Å². The first-order valence-electron chi connectivity index (χ1n) is 11.6. The van der Waals surface area contributed by atoms with Crippen LogP contribution >= 0.6 is 0 Å². The third-order valence-electron chi connectivity index (χ3n) is 5.32. The standard InChI is InChI=1S/C26H33N3O5/c1-26(2,3)34-25(32)29-17-15-28(16-18-29)14-8-7-11-21-12-13-22(23(27-21)24(30)31)33-19-20-9-5-4-6-10-20/h5,9-10,12-13H,4,6,8,14-19H2,1-3H3,(H,30,31). The number of nitrogens with zero attached hydrogens (tertiary/aromatic N) is 3. The molecule has 1 aliphatic heterocycles. The molecule has 0 radical (unpaired) electrons. The third kappa shape index (κ3) is 7.92. The van der Waals surface area contributed by atoms with Crippen LogP contribution in [0.5, 0.6) is 5.75 Å². The molecular formula is C26H33N3O5. The lowest BCUT2D eigenvalue weighted by Crippen LogP contribution is -2.50. The number of aromatic nitrogens is 1. The summed E-state index contributed by atoms with van der Waals surface area (Å²) in [6, 6.07) is 3.29. The number of carboxylic acid groups (broad SMARTS) is 1. The summed E-state index contributed by atoms with van der Waals surface area (Å²) in [5.41, 5.74) is 0.799. The van der Waals surface area contributed by atoms with E-state index in [1.807, 2.05) is 26.8 Å². The fourth-order valence-corrected chi connectivity index (χ4v) is 3.57. The predicted octanol–water partition coefficient (Wildman–Crippen LogP) is 3.73. The van der Waals surface area contributed by atoms with Gasteiger partial charge in [0.2, 0.25) is 0 Å². The second-order valence-corrected chi connectivity index (χ2v) is 9.26. The normalized spacial score (nSPS) is 16.3. The number of carboxylic acids is 1. The molecule has 3 rings (SSSR count). The molecule has 1 aromatic heterocycles. The van der Waals surface area contributed by atoms with Gasteiger partial charge in [-0.1, -0.05) is 24.1 Å². The van der Waals surface area contributed by atoms with Crippen LogP contribution in [0.4, 0.5) is 4.79 Å². The van der Waals surface area contributed by atoms with Gasteiger partial charge in [0.05, 0.1) is 0 Å². The van der Waals surface area contributed by atoms with Crippen LogP contribution in [-0.4, -0.2) is 76.9 Å². The maximum Gasteiger partial charge on any atom is 0.410 e. The minimum absolute atomic E-state index is 0.134. The molecule has 0 spiro atoms. The van der Waals surface area contributed by atoms with E-state index in [9.17, 15) is 14.7 Å². The third-order valence-corrected chi connectivity index (χ3v) is 5.32. The van der Waals surface area contributed by atoms with E-state index in [0.29, 0.717) is 31.8 Å². The van der Waals surface area contributed by atoms with Crippen molar-refractivity contribution in [2.24, 2.45) is 0 Å². The quantitative estimate of drug-likeness (QED) is 0.638. The largest absolute Gasteiger partial charge is 0.486 e. The molecule has 0 unspecified atom stereocenters. The van der Waals surface area contributed by atoms with Gasteiger partial charge in [0, 0.05) is 39.1 Å². The van der Waals surface area contributed by atoms with Crippen LogP contribution in [0.1, 0.15) is 56.2 Å². The summed E-state index contributed by atoms with van der Waals surface area (Å²) >= 11 is 0. The van der Waals surface area contributed by atoms with Crippen LogP contribution in [0.2, 0.25) is 0 Å². The molecule has 1 aromatic rings. The van der Waals surface area contributed by atoms with E-state index in [0.717, 1.165) is 38.0 Å². The Morgan fingerprint density at radius 3 is 2.56 bits per heavy atom. The number of piperazine rings is 1. The van der Waals surface area contributed by atoms with Gasteiger partial charge in [-0.3, -0.25) is 4.90 Å². The number of hydrogen-bond acceptors (Lipinski definition) is 6. The summed E-state index contributed by atoms with van der Waals surface area (Å²) in [4.78, 5) is 32.0. The Bertz CT molecular complexity index is 1010. The Morgan fingerprint density at radius 2 is 1.91 bits per heavy atom. The lowest BCUT2D eigenvalue weighted by Gasteiger charge is -2.35. The molecule has 0 atom stereocenters. The van der Waals surface area contributed by atoms with Crippen molar-refractivity contribution in [3.8, 4) is 17.6 Å². The summed E-state index contributed by atoms with van der Waals surface area (Å²) in [6.45, 7) is 9.44. The van der Waals surface area contributed by atoms with Crippen molar-refractivity contribution in [3.63, 3.8) is 0 Å². The fraction of sp³-hybridized carbons (Fsp3) is 0.500. The Kier molecular flexibility index (Phi) is 8.72. The summed E-state index contributed by atoms with van der Waals surface area (Å²) in [6.07, 6.45) is 8.49.